The van der Waals surface area contributed by atoms with Gasteiger partial charge in [-0.25, -0.2) is 0 Å². The first-order valence-corrected chi connectivity index (χ1v) is 5.23. The standard InChI is InChI=1S/C11H10O2S/c1-7-6-14-10-3-2-8(4-9(7)10)5-11(12)13/h2-4,6H,5H2,1H3,(H,12,13). The molecule has 1 N–H and O–H groups in total. The molecule has 0 spiro atoms. The largest absolute Gasteiger partial charge is 0.481 e. The Balaban J connectivity index is 2.49. The molecular formula is C11H10O2S. The molecule has 2 aromatic rings. The number of carbonyl (C=O) groups is 1. The normalized spacial score (nSPS) is 10.6. The number of aliphatic carboxylic acids is 1. The first-order chi connectivity index (χ1) is 6.66. The van der Waals surface area contributed by atoms with E-state index in [1.54, 1.807) is 11.3 Å². The summed E-state index contributed by atoms with van der Waals surface area (Å²) in [5.74, 6) is -0.780. The molecule has 0 fully saturated rings. The van der Waals surface area contributed by atoms with Gasteiger partial charge in [0.1, 0.15) is 0 Å². The maximum Gasteiger partial charge on any atom is 0.307 e. The Morgan fingerprint density at radius 3 is 3.00 bits per heavy atom. The highest BCUT2D eigenvalue weighted by Crippen LogP contribution is 2.26. The third kappa shape index (κ3) is 1.63. The van der Waals surface area contributed by atoms with Crippen molar-refractivity contribution in [3.8, 4) is 0 Å². The molecule has 0 amide bonds. The zero-order chi connectivity index (χ0) is 10.1. The first-order valence-electron chi connectivity index (χ1n) is 4.35. The highest BCUT2D eigenvalue weighted by Gasteiger charge is 2.04. The molecule has 14 heavy (non-hydrogen) atoms. The van der Waals surface area contributed by atoms with Crippen LogP contribution in [0.4, 0.5) is 0 Å². The molecular weight excluding hydrogens is 196 g/mol. The first kappa shape index (κ1) is 9.21. The number of hydrogen-bond donors (Lipinski definition) is 1. The Morgan fingerprint density at radius 1 is 1.50 bits per heavy atom. The van der Waals surface area contributed by atoms with Gasteiger partial charge in [-0.1, -0.05) is 6.07 Å². The average molecular weight is 206 g/mol. The molecule has 0 aliphatic heterocycles. The van der Waals surface area contributed by atoms with Gasteiger partial charge in [-0.2, -0.15) is 0 Å². The van der Waals surface area contributed by atoms with E-state index in [9.17, 15) is 4.79 Å². The Morgan fingerprint density at radius 2 is 2.29 bits per heavy atom. The molecule has 0 aliphatic carbocycles. The fourth-order valence-electron chi connectivity index (χ4n) is 1.49. The predicted octanol–water partition coefficient (Wildman–Crippen LogP) is 2.84. The van der Waals surface area contributed by atoms with Crippen LogP contribution in [0, 0.1) is 6.92 Å². The summed E-state index contributed by atoms with van der Waals surface area (Å²) < 4.78 is 1.22. The fourth-order valence-corrected chi connectivity index (χ4v) is 2.41. The maximum atomic E-state index is 10.5. The Kier molecular flexibility index (Phi) is 2.25. The highest BCUT2D eigenvalue weighted by molar-refractivity contribution is 7.17. The summed E-state index contributed by atoms with van der Waals surface area (Å²) in [5.41, 5.74) is 2.09. The van der Waals surface area contributed by atoms with Crippen LogP contribution >= 0.6 is 11.3 Å². The molecule has 72 valence electrons. The molecule has 1 aromatic heterocycles. The summed E-state index contributed by atoms with van der Waals surface area (Å²) in [6.45, 7) is 2.05. The molecule has 1 aromatic carbocycles. The Labute approximate surface area is 85.8 Å². The molecule has 0 aliphatic rings. The third-order valence-corrected chi connectivity index (χ3v) is 3.27. The minimum absolute atomic E-state index is 0.102. The highest BCUT2D eigenvalue weighted by atomic mass is 32.1. The molecule has 3 heteroatoms. The summed E-state index contributed by atoms with van der Waals surface area (Å²) in [6.07, 6.45) is 0.102. The predicted molar refractivity (Wildman–Crippen MR) is 57.9 cm³/mol. The van der Waals surface area contributed by atoms with Crippen LogP contribution in [0.25, 0.3) is 10.1 Å². The fraction of sp³-hybridized carbons (Fsp3) is 0.182. The molecule has 1 heterocycles. The Hall–Kier alpha value is -1.35. The Bertz CT molecular complexity index is 485. The van der Waals surface area contributed by atoms with Crippen molar-refractivity contribution in [2.75, 3.05) is 0 Å². The lowest BCUT2D eigenvalue weighted by atomic mass is 10.1. The van der Waals surface area contributed by atoms with Gasteiger partial charge in [0, 0.05) is 4.70 Å². The SMILES string of the molecule is Cc1csc2ccc(CC(=O)O)cc12. The van der Waals surface area contributed by atoms with Gasteiger partial charge < -0.3 is 5.11 Å². The molecule has 2 rings (SSSR count). The van der Waals surface area contributed by atoms with Crippen LogP contribution in [0.3, 0.4) is 0 Å². The van der Waals surface area contributed by atoms with E-state index < -0.39 is 5.97 Å². The molecule has 0 saturated heterocycles. The van der Waals surface area contributed by atoms with Crippen molar-refractivity contribution < 1.29 is 9.90 Å². The average Bonchev–Trinajstić information content (AvgIpc) is 2.47. The lowest BCUT2D eigenvalue weighted by Gasteiger charge is -1.97. The van der Waals surface area contributed by atoms with Crippen LogP contribution in [0.15, 0.2) is 23.6 Å². The minimum Gasteiger partial charge on any atom is -0.481 e. The number of carboxylic acid groups (broad SMARTS) is 1. The van der Waals surface area contributed by atoms with Crippen molar-refractivity contribution in [3.63, 3.8) is 0 Å². The van der Waals surface area contributed by atoms with E-state index in [1.807, 2.05) is 25.1 Å². The number of thiophene rings is 1. The summed E-state index contributed by atoms with van der Waals surface area (Å²) >= 11 is 1.69. The monoisotopic (exact) mass is 206 g/mol. The smallest absolute Gasteiger partial charge is 0.307 e. The zero-order valence-corrected chi connectivity index (χ0v) is 8.60. The quantitative estimate of drug-likeness (QED) is 0.820. The van der Waals surface area contributed by atoms with Gasteiger partial charge in [0.15, 0.2) is 0 Å². The molecule has 0 atom stereocenters. The van der Waals surface area contributed by atoms with Gasteiger partial charge in [0.25, 0.3) is 0 Å². The van der Waals surface area contributed by atoms with Crippen molar-refractivity contribution in [3.05, 3.63) is 34.7 Å². The number of carboxylic acids is 1. The van der Waals surface area contributed by atoms with E-state index >= 15 is 0 Å². The molecule has 2 nitrogen and oxygen atoms in total. The number of rotatable bonds is 2. The molecule has 0 unspecified atom stereocenters. The second-order valence-electron chi connectivity index (χ2n) is 3.32. The number of benzene rings is 1. The van der Waals surface area contributed by atoms with E-state index in [4.69, 9.17) is 5.11 Å². The topological polar surface area (TPSA) is 37.3 Å². The number of fused-ring (bicyclic) bond motifs is 1. The van der Waals surface area contributed by atoms with Crippen molar-refractivity contribution >= 4 is 27.4 Å². The molecule has 0 saturated carbocycles. The summed E-state index contributed by atoms with van der Waals surface area (Å²) in [7, 11) is 0. The van der Waals surface area contributed by atoms with Crippen molar-refractivity contribution in [2.24, 2.45) is 0 Å². The summed E-state index contributed by atoms with van der Waals surface area (Å²) in [4.78, 5) is 10.5. The summed E-state index contributed by atoms with van der Waals surface area (Å²) in [6, 6.07) is 5.84. The van der Waals surface area contributed by atoms with E-state index in [-0.39, 0.29) is 6.42 Å². The number of hydrogen-bond acceptors (Lipinski definition) is 2. The maximum absolute atomic E-state index is 10.5. The van der Waals surface area contributed by atoms with Crippen molar-refractivity contribution in [1.82, 2.24) is 0 Å². The van der Waals surface area contributed by atoms with E-state index in [2.05, 4.69) is 5.38 Å². The van der Waals surface area contributed by atoms with Gasteiger partial charge in [0.2, 0.25) is 0 Å². The van der Waals surface area contributed by atoms with Gasteiger partial charge >= 0.3 is 5.97 Å². The minimum atomic E-state index is -0.780. The van der Waals surface area contributed by atoms with E-state index in [0.717, 1.165) is 5.56 Å². The summed E-state index contributed by atoms with van der Waals surface area (Å²) in [5, 5.41) is 11.9. The van der Waals surface area contributed by atoms with Gasteiger partial charge in [0.05, 0.1) is 6.42 Å². The zero-order valence-electron chi connectivity index (χ0n) is 7.78. The van der Waals surface area contributed by atoms with Crippen LogP contribution in [-0.2, 0) is 11.2 Å². The van der Waals surface area contributed by atoms with Gasteiger partial charge in [-0.05, 0) is 40.9 Å². The van der Waals surface area contributed by atoms with Crippen LogP contribution < -0.4 is 0 Å². The van der Waals surface area contributed by atoms with Crippen LogP contribution in [0.1, 0.15) is 11.1 Å². The van der Waals surface area contributed by atoms with Crippen LogP contribution in [0.5, 0.6) is 0 Å². The van der Waals surface area contributed by atoms with Crippen LogP contribution in [-0.4, -0.2) is 11.1 Å². The van der Waals surface area contributed by atoms with E-state index in [1.165, 1.54) is 15.6 Å². The van der Waals surface area contributed by atoms with Crippen molar-refractivity contribution in [1.29, 1.82) is 0 Å². The lowest BCUT2D eigenvalue weighted by molar-refractivity contribution is -0.136. The van der Waals surface area contributed by atoms with Gasteiger partial charge in [-0.15, -0.1) is 11.3 Å². The van der Waals surface area contributed by atoms with Crippen molar-refractivity contribution in [2.45, 2.75) is 13.3 Å². The lowest BCUT2D eigenvalue weighted by Crippen LogP contribution is -1.99. The van der Waals surface area contributed by atoms with E-state index in [0.29, 0.717) is 0 Å². The number of aryl methyl sites for hydroxylation is 1. The second-order valence-corrected chi connectivity index (χ2v) is 4.23. The third-order valence-electron chi connectivity index (χ3n) is 2.19. The van der Waals surface area contributed by atoms with Gasteiger partial charge in [-0.3, -0.25) is 4.79 Å². The second kappa shape index (κ2) is 3.42. The van der Waals surface area contributed by atoms with Crippen LogP contribution in [0.2, 0.25) is 0 Å². The molecule has 0 radical (unpaired) electrons. The molecule has 0 bridgehead atoms.